The number of alkyl halides is 3. The summed E-state index contributed by atoms with van der Waals surface area (Å²) < 4.78 is 36.2. The van der Waals surface area contributed by atoms with Crippen LogP contribution in [0.15, 0.2) is 6.07 Å². The summed E-state index contributed by atoms with van der Waals surface area (Å²) in [6.07, 6.45) is -4.41. The van der Waals surface area contributed by atoms with Crippen LogP contribution in [0.3, 0.4) is 0 Å². The molecular formula is C5H4BF3N2-. The third-order valence-electron chi connectivity index (χ3n) is 1.21. The Morgan fingerprint density at radius 2 is 2.09 bits per heavy atom. The van der Waals surface area contributed by atoms with Crippen LogP contribution in [0.5, 0.6) is 0 Å². The van der Waals surface area contributed by atoms with Crippen LogP contribution in [-0.4, -0.2) is 17.7 Å². The lowest BCUT2D eigenvalue weighted by molar-refractivity contribution is -0.141. The molecule has 3 radical (unpaired) electrons. The predicted molar refractivity (Wildman–Crippen MR) is 33.1 cm³/mol. The molecule has 0 unspecified atom stereocenters. The first-order valence-corrected chi connectivity index (χ1v) is 2.80. The molecule has 1 rings (SSSR count). The molecule has 0 saturated heterocycles. The fraction of sp³-hybridized carbons (Fsp3) is 0.400. The molecule has 0 fully saturated rings. The molecule has 2 nitrogen and oxygen atoms in total. The van der Waals surface area contributed by atoms with Crippen LogP contribution in [0, 0.1) is 6.92 Å². The van der Waals surface area contributed by atoms with Crippen molar-refractivity contribution in [1.29, 1.82) is 0 Å². The summed E-state index contributed by atoms with van der Waals surface area (Å²) >= 11 is 0. The van der Waals surface area contributed by atoms with Gasteiger partial charge in [0.1, 0.15) is 0 Å². The van der Waals surface area contributed by atoms with Gasteiger partial charge in [-0.25, -0.2) is 5.10 Å². The van der Waals surface area contributed by atoms with Crippen LogP contribution in [-0.2, 0) is 6.18 Å². The molecule has 0 atom stereocenters. The first-order chi connectivity index (χ1) is 4.91. The van der Waals surface area contributed by atoms with E-state index in [1.54, 1.807) is 0 Å². The van der Waals surface area contributed by atoms with Gasteiger partial charge in [-0.05, 0) is 18.7 Å². The van der Waals surface area contributed by atoms with Crippen molar-refractivity contribution in [2.24, 2.45) is 0 Å². The quantitative estimate of drug-likeness (QED) is 0.520. The molecule has 11 heavy (non-hydrogen) atoms. The zero-order valence-corrected chi connectivity index (χ0v) is 5.68. The van der Waals surface area contributed by atoms with Gasteiger partial charge in [0.2, 0.25) is 0 Å². The molecule has 59 valence electrons. The highest BCUT2D eigenvalue weighted by atomic mass is 19.4. The third-order valence-corrected chi connectivity index (χ3v) is 1.21. The smallest absolute Gasteiger partial charge is 0.434 e. The Hall–Kier alpha value is -0.935. The molecule has 0 aliphatic rings. The number of aromatic nitrogens is 2. The Labute approximate surface area is 62.4 Å². The monoisotopic (exact) mass is 160 g/mol. The van der Waals surface area contributed by atoms with Gasteiger partial charge in [-0.3, -0.25) is 0 Å². The maximum absolute atomic E-state index is 11.8. The van der Waals surface area contributed by atoms with E-state index in [-0.39, 0.29) is 5.69 Å². The molecule has 1 heterocycles. The largest absolute Gasteiger partial charge is 0.551 e. The van der Waals surface area contributed by atoms with Gasteiger partial charge in [-0.1, -0.05) is 0 Å². The SMILES string of the molecule is [B-]n1nc(C(F)(F)F)cc1C. The van der Waals surface area contributed by atoms with Crippen molar-refractivity contribution in [3.63, 3.8) is 0 Å². The van der Waals surface area contributed by atoms with Gasteiger partial charge in [0.05, 0.1) is 0 Å². The lowest BCUT2D eigenvalue weighted by Gasteiger charge is -2.09. The second kappa shape index (κ2) is 2.28. The van der Waals surface area contributed by atoms with Crippen LogP contribution < -0.4 is 0 Å². The van der Waals surface area contributed by atoms with Crippen molar-refractivity contribution < 1.29 is 13.2 Å². The highest BCUT2D eigenvalue weighted by Crippen LogP contribution is 2.27. The van der Waals surface area contributed by atoms with E-state index in [9.17, 15) is 13.2 Å². The third kappa shape index (κ3) is 1.55. The highest BCUT2D eigenvalue weighted by molar-refractivity contribution is 6.06. The Bertz CT molecular complexity index is 246. The van der Waals surface area contributed by atoms with Gasteiger partial charge in [0, 0.05) is 0 Å². The molecule has 0 aliphatic carbocycles. The van der Waals surface area contributed by atoms with E-state index in [0.29, 0.717) is 4.59 Å². The summed E-state index contributed by atoms with van der Waals surface area (Å²) in [6.45, 7) is 1.45. The Balaban J connectivity index is 3.08. The van der Waals surface area contributed by atoms with E-state index < -0.39 is 11.9 Å². The normalized spacial score (nSPS) is 12.1. The minimum absolute atomic E-state index is 0.275. The Kier molecular flexibility index (Phi) is 1.70. The van der Waals surface area contributed by atoms with Gasteiger partial charge < -0.3 is 12.6 Å². The fourth-order valence-electron chi connectivity index (χ4n) is 0.626. The first-order valence-electron chi connectivity index (χ1n) is 2.80. The molecule has 0 bridgehead atoms. The van der Waals surface area contributed by atoms with Crippen LogP contribution in [0.4, 0.5) is 13.2 Å². The maximum atomic E-state index is 11.8. The first kappa shape index (κ1) is 8.16. The summed E-state index contributed by atoms with van der Waals surface area (Å²) in [5.41, 5.74) is -0.685. The molecule has 0 amide bonds. The Morgan fingerprint density at radius 1 is 1.55 bits per heavy atom. The molecule has 1 aromatic heterocycles. The average Bonchev–Trinajstić information content (AvgIpc) is 2.11. The van der Waals surface area contributed by atoms with E-state index in [4.69, 9.17) is 7.98 Å². The van der Waals surface area contributed by atoms with Crippen molar-refractivity contribution in [2.45, 2.75) is 13.1 Å². The van der Waals surface area contributed by atoms with Crippen LogP contribution in [0.2, 0.25) is 0 Å². The molecule has 6 heteroatoms. The van der Waals surface area contributed by atoms with E-state index in [2.05, 4.69) is 5.10 Å². The van der Waals surface area contributed by atoms with Crippen LogP contribution >= 0.6 is 0 Å². The second-order valence-corrected chi connectivity index (χ2v) is 2.11. The number of aryl methyl sites for hydroxylation is 1. The topological polar surface area (TPSA) is 17.8 Å². The second-order valence-electron chi connectivity index (χ2n) is 2.11. The standard InChI is InChI=1S/C5H4BF3N2/c1-3-2-4(5(7,8)9)10-11(3)6/h2H,1H3/q-1. The lowest BCUT2D eigenvalue weighted by atomic mass is 10.3. The fourth-order valence-corrected chi connectivity index (χ4v) is 0.626. The van der Waals surface area contributed by atoms with Gasteiger partial charge >= 0.3 is 6.18 Å². The van der Waals surface area contributed by atoms with Crippen molar-refractivity contribution in [3.05, 3.63) is 17.5 Å². The van der Waals surface area contributed by atoms with Crippen LogP contribution in [0.25, 0.3) is 0 Å². The molecule has 0 spiro atoms. The number of hydrogen-bond donors (Lipinski definition) is 0. The summed E-state index contributed by atoms with van der Waals surface area (Å²) in [7, 11) is 5.04. The van der Waals surface area contributed by atoms with E-state index in [1.807, 2.05) is 0 Å². The van der Waals surface area contributed by atoms with Crippen molar-refractivity contribution >= 4 is 7.98 Å². The maximum Gasteiger partial charge on any atom is 0.434 e. The molecule has 0 saturated carbocycles. The van der Waals surface area contributed by atoms with Gasteiger partial charge in [-0.2, -0.15) is 13.2 Å². The van der Waals surface area contributed by atoms with E-state index in [0.717, 1.165) is 6.07 Å². The zero-order valence-electron chi connectivity index (χ0n) is 5.68. The molecule has 1 aromatic rings. The Morgan fingerprint density at radius 3 is 2.27 bits per heavy atom. The van der Waals surface area contributed by atoms with Crippen molar-refractivity contribution in [1.82, 2.24) is 9.69 Å². The van der Waals surface area contributed by atoms with Gasteiger partial charge in [-0.15, -0.1) is 0 Å². The summed E-state index contributed by atoms with van der Waals surface area (Å²) in [6, 6.07) is 0.889. The average molecular weight is 160 g/mol. The molecule has 0 aromatic carbocycles. The molecular weight excluding hydrogens is 156 g/mol. The number of rotatable bonds is 0. The number of nitrogens with zero attached hydrogens (tertiary/aromatic N) is 2. The van der Waals surface area contributed by atoms with E-state index >= 15 is 0 Å². The highest BCUT2D eigenvalue weighted by Gasteiger charge is 2.32. The zero-order chi connectivity index (χ0) is 8.65. The lowest BCUT2D eigenvalue weighted by Crippen LogP contribution is -2.07. The minimum atomic E-state index is -4.41. The summed E-state index contributed by atoms with van der Waals surface area (Å²) in [5.74, 6) is 0. The summed E-state index contributed by atoms with van der Waals surface area (Å²) in [5, 5.41) is 3.05. The molecule has 0 N–H and O–H groups in total. The number of hydrogen-bond acceptors (Lipinski definition) is 1. The van der Waals surface area contributed by atoms with Crippen LogP contribution in [0.1, 0.15) is 11.4 Å². The van der Waals surface area contributed by atoms with Crippen molar-refractivity contribution in [3.8, 4) is 0 Å². The molecule has 0 aliphatic heterocycles. The summed E-state index contributed by atoms with van der Waals surface area (Å²) in [4.78, 5) is 0. The van der Waals surface area contributed by atoms with E-state index in [1.165, 1.54) is 6.92 Å². The van der Waals surface area contributed by atoms with Crippen molar-refractivity contribution in [2.75, 3.05) is 0 Å². The minimum Gasteiger partial charge on any atom is -0.551 e. The number of halogens is 3. The van der Waals surface area contributed by atoms with Gasteiger partial charge in [0.15, 0.2) is 5.69 Å². The predicted octanol–water partition coefficient (Wildman–Crippen LogP) is 1.14. The van der Waals surface area contributed by atoms with Gasteiger partial charge in [0.25, 0.3) is 0 Å².